The molecule has 1 aromatic carbocycles. The Labute approximate surface area is 132 Å². The van der Waals surface area contributed by atoms with Gasteiger partial charge in [0, 0.05) is 32.4 Å². The molecule has 5 heteroatoms. The van der Waals surface area contributed by atoms with Crippen LogP contribution in [0.25, 0.3) is 0 Å². The van der Waals surface area contributed by atoms with Crippen LogP contribution in [-0.4, -0.2) is 4.98 Å². The Balaban J connectivity index is 2.16. The molecular formula is C13H11Br3N2. The van der Waals surface area contributed by atoms with Gasteiger partial charge in [-0.2, -0.15) is 0 Å². The standard InChI is InChI=1S/C13H11Br3N2/c1-8-2-9(6-17-5-8)7-18-13-11(15)3-10(14)4-12(13)16/h2-6,18H,7H2,1H3. The van der Waals surface area contributed by atoms with Crippen LogP contribution in [0.3, 0.4) is 0 Å². The van der Waals surface area contributed by atoms with E-state index in [2.05, 4.69) is 64.2 Å². The van der Waals surface area contributed by atoms with Crippen molar-refractivity contribution in [1.29, 1.82) is 0 Å². The number of pyridine rings is 1. The summed E-state index contributed by atoms with van der Waals surface area (Å²) in [6.07, 6.45) is 3.73. The van der Waals surface area contributed by atoms with Crippen molar-refractivity contribution < 1.29 is 0 Å². The molecule has 2 aromatic rings. The molecule has 0 saturated heterocycles. The van der Waals surface area contributed by atoms with Crippen molar-refractivity contribution >= 4 is 53.5 Å². The highest BCUT2D eigenvalue weighted by molar-refractivity contribution is 9.11. The van der Waals surface area contributed by atoms with E-state index in [4.69, 9.17) is 0 Å². The second-order valence-corrected chi connectivity index (χ2v) is 6.59. The Kier molecular flexibility index (Phi) is 4.81. The van der Waals surface area contributed by atoms with Crippen LogP contribution in [0.1, 0.15) is 11.1 Å². The van der Waals surface area contributed by atoms with Gasteiger partial charge in [-0.3, -0.25) is 4.98 Å². The summed E-state index contributed by atoms with van der Waals surface area (Å²) in [5.74, 6) is 0. The maximum Gasteiger partial charge on any atom is 0.0632 e. The van der Waals surface area contributed by atoms with Crippen molar-refractivity contribution in [1.82, 2.24) is 4.98 Å². The second-order valence-electron chi connectivity index (χ2n) is 3.97. The van der Waals surface area contributed by atoms with Gasteiger partial charge in [-0.15, -0.1) is 0 Å². The second kappa shape index (κ2) is 6.17. The quantitative estimate of drug-likeness (QED) is 0.710. The molecule has 18 heavy (non-hydrogen) atoms. The first-order valence-electron chi connectivity index (χ1n) is 5.35. The van der Waals surface area contributed by atoms with E-state index in [0.29, 0.717) is 0 Å². The van der Waals surface area contributed by atoms with Crippen molar-refractivity contribution in [2.45, 2.75) is 13.5 Å². The van der Waals surface area contributed by atoms with E-state index < -0.39 is 0 Å². The van der Waals surface area contributed by atoms with Gasteiger partial charge in [-0.1, -0.05) is 22.0 Å². The topological polar surface area (TPSA) is 24.9 Å². The summed E-state index contributed by atoms with van der Waals surface area (Å²) in [5.41, 5.74) is 3.37. The zero-order valence-corrected chi connectivity index (χ0v) is 14.4. The van der Waals surface area contributed by atoms with Crippen LogP contribution in [0.2, 0.25) is 0 Å². The molecule has 0 radical (unpaired) electrons. The fourth-order valence-electron chi connectivity index (χ4n) is 1.62. The van der Waals surface area contributed by atoms with Crippen LogP contribution in [-0.2, 0) is 6.54 Å². The lowest BCUT2D eigenvalue weighted by Crippen LogP contribution is -2.01. The molecule has 94 valence electrons. The number of hydrogen-bond acceptors (Lipinski definition) is 2. The van der Waals surface area contributed by atoms with Gasteiger partial charge in [0.05, 0.1) is 5.69 Å². The maximum atomic E-state index is 4.18. The van der Waals surface area contributed by atoms with E-state index in [1.807, 2.05) is 31.5 Å². The van der Waals surface area contributed by atoms with Gasteiger partial charge in [0.15, 0.2) is 0 Å². The smallest absolute Gasteiger partial charge is 0.0632 e. The number of nitrogens with zero attached hydrogens (tertiary/aromatic N) is 1. The molecule has 2 rings (SSSR count). The highest BCUT2D eigenvalue weighted by Gasteiger charge is 2.06. The normalized spacial score (nSPS) is 10.4. The van der Waals surface area contributed by atoms with E-state index >= 15 is 0 Å². The van der Waals surface area contributed by atoms with Crippen LogP contribution in [0.4, 0.5) is 5.69 Å². The number of benzene rings is 1. The molecule has 2 nitrogen and oxygen atoms in total. The Morgan fingerprint density at radius 1 is 1.06 bits per heavy atom. The molecule has 0 aliphatic heterocycles. The number of halogens is 3. The van der Waals surface area contributed by atoms with E-state index in [9.17, 15) is 0 Å². The third-order valence-corrected chi connectivity index (χ3v) is 4.12. The Morgan fingerprint density at radius 3 is 2.33 bits per heavy atom. The van der Waals surface area contributed by atoms with Gasteiger partial charge in [0.25, 0.3) is 0 Å². The van der Waals surface area contributed by atoms with E-state index in [1.54, 1.807) is 0 Å². The third kappa shape index (κ3) is 3.56. The fourth-order valence-corrected chi connectivity index (χ4v) is 4.15. The van der Waals surface area contributed by atoms with Gasteiger partial charge in [-0.25, -0.2) is 0 Å². The number of aromatic nitrogens is 1. The number of aryl methyl sites for hydroxylation is 1. The largest absolute Gasteiger partial charge is 0.379 e. The van der Waals surface area contributed by atoms with Crippen molar-refractivity contribution in [3.8, 4) is 0 Å². The van der Waals surface area contributed by atoms with Crippen molar-refractivity contribution in [3.63, 3.8) is 0 Å². The molecule has 0 aliphatic rings. The summed E-state index contributed by atoms with van der Waals surface area (Å²) in [6.45, 7) is 2.79. The summed E-state index contributed by atoms with van der Waals surface area (Å²) >= 11 is 10.6. The lowest BCUT2D eigenvalue weighted by Gasteiger charge is -2.11. The number of anilines is 1. The molecule has 1 N–H and O–H groups in total. The van der Waals surface area contributed by atoms with Gasteiger partial charge >= 0.3 is 0 Å². The molecule has 0 saturated carbocycles. The van der Waals surface area contributed by atoms with Crippen LogP contribution in [0, 0.1) is 6.92 Å². The summed E-state index contributed by atoms with van der Waals surface area (Å²) < 4.78 is 3.07. The van der Waals surface area contributed by atoms with Crippen molar-refractivity contribution in [2.24, 2.45) is 0 Å². The van der Waals surface area contributed by atoms with Crippen molar-refractivity contribution in [3.05, 3.63) is 55.1 Å². The molecule has 1 aromatic heterocycles. The van der Waals surface area contributed by atoms with Crippen LogP contribution in [0.15, 0.2) is 44.0 Å². The van der Waals surface area contributed by atoms with Crippen molar-refractivity contribution in [2.75, 3.05) is 5.32 Å². The third-order valence-electron chi connectivity index (χ3n) is 2.41. The molecule has 0 aliphatic carbocycles. The maximum absolute atomic E-state index is 4.18. The minimum atomic E-state index is 0.744. The predicted octanol–water partition coefficient (Wildman–Crippen LogP) is 5.29. The van der Waals surface area contributed by atoms with Crippen LogP contribution in [0.5, 0.6) is 0 Å². The SMILES string of the molecule is Cc1cncc(CNc2c(Br)cc(Br)cc2Br)c1. The van der Waals surface area contributed by atoms with Crippen LogP contribution < -0.4 is 5.32 Å². The van der Waals surface area contributed by atoms with E-state index in [1.165, 1.54) is 5.56 Å². The molecule has 0 bridgehead atoms. The fraction of sp³-hybridized carbons (Fsp3) is 0.154. The molecule has 1 heterocycles. The van der Waals surface area contributed by atoms with E-state index in [0.717, 1.165) is 31.2 Å². The Bertz CT molecular complexity index is 547. The number of rotatable bonds is 3. The molecular weight excluding hydrogens is 424 g/mol. The molecule has 0 unspecified atom stereocenters. The molecule has 0 spiro atoms. The first kappa shape index (κ1) is 14.0. The molecule has 0 fully saturated rings. The predicted molar refractivity (Wildman–Crippen MR) is 85.8 cm³/mol. The average molecular weight is 435 g/mol. The highest BCUT2D eigenvalue weighted by atomic mass is 79.9. The first-order valence-corrected chi connectivity index (χ1v) is 7.73. The van der Waals surface area contributed by atoms with E-state index in [-0.39, 0.29) is 0 Å². The summed E-state index contributed by atoms with van der Waals surface area (Å²) in [6, 6.07) is 6.16. The summed E-state index contributed by atoms with van der Waals surface area (Å²) in [7, 11) is 0. The zero-order chi connectivity index (χ0) is 13.1. The minimum absolute atomic E-state index is 0.744. The van der Waals surface area contributed by atoms with Gasteiger partial charge in [-0.05, 0) is 62.0 Å². The first-order chi connectivity index (χ1) is 8.56. The monoisotopic (exact) mass is 432 g/mol. The Morgan fingerprint density at radius 2 is 1.72 bits per heavy atom. The highest BCUT2D eigenvalue weighted by Crippen LogP contribution is 2.34. The minimum Gasteiger partial charge on any atom is -0.379 e. The summed E-state index contributed by atoms with van der Waals surface area (Å²) in [5, 5.41) is 3.40. The lowest BCUT2D eigenvalue weighted by atomic mass is 10.2. The zero-order valence-electron chi connectivity index (χ0n) is 9.67. The van der Waals surface area contributed by atoms with Gasteiger partial charge < -0.3 is 5.32 Å². The molecule has 0 amide bonds. The Hall–Kier alpha value is -0.390. The number of nitrogens with one attached hydrogen (secondary N) is 1. The summed E-state index contributed by atoms with van der Waals surface area (Å²) in [4.78, 5) is 4.18. The van der Waals surface area contributed by atoms with Gasteiger partial charge in [0.2, 0.25) is 0 Å². The lowest BCUT2D eigenvalue weighted by molar-refractivity contribution is 1.09. The average Bonchev–Trinajstić information content (AvgIpc) is 2.27. The van der Waals surface area contributed by atoms with Gasteiger partial charge in [0.1, 0.15) is 0 Å². The molecule has 0 atom stereocenters. The number of hydrogen-bond donors (Lipinski definition) is 1. The van der Waals surface area contributed by atoms with Crippen LogP contribution >= 0.6 is 47.8 Å².